The first-order valence-corrected chi connectivity index (χ1v) is 8.20. The van der Waals surface area contributed by atoms with Crippen molar-refractivity contribution in [1.29, 1.82) is 0 Å². The number of hydrogen-bond donors (Lipinski definition) is 1. The van der Waals surface area contributed by atoms with Gasteiger partial charge in [-0.15, -0.1) is 0 Å². The Bertz CT molecular complexity index is 485. The largest absolute Gasteiger partial charge is 0.313 e. The monoisotopic (exact) mass is 267 g/mol. The summed E-state index contributed by atoms with van der Waals surface area (Å²) in [7, 11) is -3.15. The lowest BCUT2D eigenvalue weighted by Crippen LogP contribution is -2.29. The van der Waals surface area contributed by atoms with Gasteiger partial charge >= 0.3 is 0 Å². The van der Waals surface area contributed by atoms with Gasteiger partial charge in [0.25, 0.3) is 0 Å². The van der Waals surface area contributed by atoms with Crippen LogP contribution in [0.2, 0.25) is 0 Å². The fourth-order valence-corrected chi connectivity index (χ4v) is 3.88. The molecular weight excluding hydrogens is 246 g/mol. The molecular formula is C14H21NO2S. The van der Waals surface area contributed by atoms with Crippen molar-refractivity contribution < 1.29 is 8.42 Å². The molecule has 0 aliphatic carbocycles. The van der Waals surface area contributed by atoms with Crippen molar-refractivity contribution in [3.8, 4) is 0 Å². The van der Waals surface area contributed by atoms with Crippen LogP contribution >= 0.6 is 0 Å². The van der Waals surface area contributed by atoms with Crippen molar-refractivity contribution in [3.05, 3.63) is 29.8 Å². The van der Waals surface area contributed by atoms with Crippen LogP contribution in [-0.4, -0.2) is 26.8 Å². The molecule has 1 aliphatic heterocycles. The van der Waals surface area contributed by atoms with Crippen LogP contribution in [0, 0.1) is 0 Å². The standard InChI is InChI=1S/C14H21NO2S/c1-11(2)12-5-7-14(8-6-12)18(16,17)10-13-4-3-9-15-13/h5-8,11,13,15H,3-4,9-10H2,1-2H3. The average molecular weight is 267 g/mol. The molecule has 1 aromatic rings. The lowest BCUT2D eigenvalue weighted by atomic mass is 10.0. The third-order valence-corrected chi connectivity index (χ3v) is 5.32. The van der Waals surface area contributed by atoms with Gasteiger partial charge in [-0.3, -0.25) is 0 Å². The van der Waals surface area contributed by atoms with Crippen molar-refractivity contribution in [2.24, 2.45) is 0 Å². The van der Waals surface area contributed by atoms with Gasteiger partial charge in [-0.05, 0) is 43.0 Å². The molecule has 1 aliphatic rings. The SMILES string of the molecule is CC(C)c1ccc(S(=O)(=O)CC2CCCN2)cc1. The van der Waals surface area contributed by atoms with Crippen LogP contribution in [0.15, 0.2) is 29.2 Å². The first kappa shape index (κ1) is 13.6. The van der Waals surface area contributed by atoms with E-state index in [4.69, 9.17) is 0 Å². The summed E-state index contributed by atoms with van der Waals surface area (Å²) in [6.45, 7) is 5.14. The summed E-state index contributed by atoms with van der Waals surface area (Å²) in [6, 6.07) is 7.43. The molecule has 18 heavy (non-hydrogen) atoms. The van der Waals surface area contributed by atoms with Crippen molar-refractivity contribution in [2.75, 3.05) is 12.3 Å². The summed E-state index contributed by atoms with van der Waals surface area (Å²) in [5.41, 5.74) is 1.17. The van der Waals surface area contributed by atoms with Crippen molar-refractivity contribution >= 4 is 9.84 Å². The Labute approximate surface area is 110 Å². The Hall–Kier alpha value is -0.870. The molecule has 2 rings (SSSR count). The van der Waals surface area contributed by atoms with Gasteiger partial charge < -0.3 is 5.32 Å². The number of rotatable bonds is 4. The normalized spacial score (nSPS) is 20.5. The van der Waals surface area contributed by atoms with E-state index in [1.54, 1.807) is 12.1 Å². The molecule has 0 bridgehead atoms. The van der Waals surface area contributed by atoms with Crippen molar-refractivity contribution in [1.82, 2.24) is 5.32 Å². The molecule has 100 valence electrons. The average Bonchev–Trinajstić information content (AvgIpc) is 2.81. The van der Waals surface area contributed by atoms with Gasteiger partial charge in [0, 0.05) is 6.04 Å². The molecule has 1 atom stereocenters. The highest BCUT2D eigenvalue weighted by Crippen LogP contribution is 2.19. The number of sulfone groups is 1. The molecule has 0 saturated carbocycles. The summed E-state index contributed by atoms with van der Waals surface area (Å²) in [4.78, 5) is 0.445. The summed E-state index contributed by atoms with van der Waals surface area (Å²) in [5.74, 6) is 0.645. The van der Waals surface area contributed by atoms with Crippen LogP contribution in [0.4, 0.5) is 0 Å². The van der Waals surface area contributed by atoms with E-state index in [0.29, 0.717) is 10.8 Å². The van der Waals surface area contributed by atoms with E-state index in [1.807, 2.05) is 12.1 Å². The fourth-order valence-electron chi connectivity index (χ4n) is 2.32. The van der Waals surface area contributed by atoms with E-state index in [-0.39, 0.29) is 11.8 Å². The summed E-state index contributed by atoms with van der Waals surface area (Å²) >= 11 is 0. The Balaban J connectivity index is 2.13. The number of hydrogen-bond acceptors (Lipinski definition) is 3. The zero-order valence-electron chi connectivity index (χ0n) is 11.0. The van der Waals surface area contributed by atoms with Gasteiger partial charge in [-0.25, -0.2) is 8.42 Å². The van der Waals surface area contributed by atoms with E-state index in [9.17, 15) is 8.42 Å². The molecule has 1 unspecified atom stereocenters. The molecule has 3 nitrogen and oxygen atoms in total. The van der Waals surface area contributed by atoms with Crippen LogP contribution in [0.1, 0.15) is 38.2 Å². The van der Waals surface area contributed by atoms with Crippen LogP contribution < -0.4 is 5.32 Å². The van der Waals surface area contributed by atoms with E-state index in [2.05, 4.69) is 19.2 Å². The predicted octanol–water partition coefficient (Wildman–Crippen LogP) is 2.34. The first-order chi connectivity index (χ1) is 8.49. The van der Waals surface area contributed by atoms with E-state index in [1.165, 1.54) is 5.56 Å². The summed E-state index contributed by atoms with van der Waals surface area (Å²) in [5, 5.41) is 3.23. The smallest absolute Gasteiger partial charge is 0.179 e. The van der Waals surface area contributed by atoms with Gasteiger partial charge in [-0.2, -0.15) is 0 Å². The van der Waals surface area contributed by atoms with Gasteiger partial charge in [0.05, 0.1) is 10.6 Å². The van der Waals surface area contributed by atoms with E-state index >= 15 is 0 Å². The summed E-state index contributed by atoms with van der Waals surface area (Å²) < 4.78 is 24.5. The van der Waals surface area contributed by atoms with Gasteiger partial charge in [0.15, 0.2) is 9.84 Å². The van der Waals surface area contributed by atoms with Gasteiger partial charge in [-0.1, -0.05) is 26.0 Å². The molecule has 0 radical (unpaired) electrons. The minimum absolute atomic E-state index is 0.125. The Morgan fingerprint density at radius 1 is 1.28 bits per heavy atom. The highest BCUT2D eigenvalue weighted by Gasteiger charge is 2.23. The maximum Gasteiger partial charge on any atom is 0.179 e. The van der Waals surface area contributed by atoms with E-state index in [0.717, 1.165) is 19.4 Å². The van der Waals surface area contributed by atoms with Crippen molar-refractivity contribution in [2.45, 2.75) is 43.5 Å². The zero-order valence-corrected chi connectivity index (χ0v) is 11.8. The van der Waals surface area contributed by atoms with E-state index < -0.39 is 9.84 Å². The first-order valence-electron chi connectivity index (χ1n) is 6.55. The van der Waals surface area contributed by atoms with Crippen LogP contribution in [0.25, 0.3) is 0 Å². The molecule has 1 N–H and O–H groups in total. The number of nitrogens with one attached hydrogen (secondary N) is 1. The zero-order chi connectivity index (χ0) is 13.2. The lowest BCUT2D eigenvalue weighted by molar-refractivity contribution is 0.577. The molecule has 1 aromatic carbocycles. The molecule has 1 heterocycles. The highest BCUT2D eigenvalue weighted by atomic mass is 32.2. The fraction of sp³-hybridized carbons (Fsp3) is 0.571. The second kappa shape index (κ2) is 5.41. The lowest BCUT2D eigenvalue weighted by Gasteiger charge is -2.12. The molecule has 4 heteroatoms. The number of benzene rings is 1. The molecule has 0 spiro atoms. The third kappa shape index (κ3) is 3.12. The molecule has 0 amide bonds. The topological polar surface area (TPSA) is 46.2 Å². The van der Waals surface area contributed by atoms with Gasteiger partial charge in [0.2, 0.25) is 0 Å². The van der Waals surface area contributed by atoms with Crippen LogP contribution in [-0.2, 0) is 9.84 Å². The Kier molecular flexibility index (Phi) is 4.07. The Morgan fingerprint density at radius 2 is 1.94 bits per heavy atom. The minimum Gasteiger partial charge on any atom is -0.313 e. The third-order valence-electron chi connectivity index (χ3n) is 3.49. The van der Waals surface area contributed by atoms with Crippen LogP contribution in [0.5, 0.6) is 0 Å². The summed E-state index contributed by atoms with van der Waals surface area (Å²) in [6.07, 6.45) is 2.04. The van der Waals surface area contributed by atoms with Crippen LogP contribution in [0.3, 0.4) is 0 Å². The second-order valence-corrected chi connectivity index (χ2v) is 7.33. The van der Waals surface area contributed by atoms with Gasteiger partial charge in [0.1, 0.15) is 0 Å². The highest BCUT2D eigenvalue weighted by molar-refractivity contribution is 7.91. The maximum atomic E-state index is 12.2. The minimum atomic E-state index is -3.15. The quantitative estimate of drug-likeness (QED) is 0.910. The molecule has 0 aromatic heterocycles. The molecule has 1 fully saturated rings. The Morgan fingerprint density at radius 3 is 2.44 bits per heavy atom. The van der Waals surface area contributed by atoms with Crippen molar-refractivity contribution in [3.63, 3.8) is 0 Å². The second-order valence-electron chi connectivity index (χ2n) is 5.30. The molecule has 1 saturated heterocycles. The predicted molar refractivity (Wildman–Crippen MR) is 73.6 cm³/mol. The maximum absolute atomic E-state index is 12.2.